The normalized spacial score (nSPS) is 24.6. The number of fused-ring (bicyclic) bond motifs is 1. The first-order chi connectivity index (χ1) is 18.7. The van der Waals surface area contributed by atoms with Crippen molar-refractivity contribution in [1.29, 1.82) is 0 Å². The van der Waals surface area contributed by atoms with Crippen molar-refractivity contribution in [1.82, 2.24) is 0 Å². The number of allylic oxidation sites excluding steroid dienone is 2. The van der Waals surface area contributed by atoms with Gasteiger partial charge < -0.3 is 0 Å². The summed E-state index contributed by atoms with van der Waals surface area (Å²) in [6.45, 7) is 7.71. The molecule has 0 amide bonds. The van der Waals surface area contributed by atoms with E-state index >= 15 is 0 Å². The van der Waals surface area contributed by atoms with Crippen molar-refractivity contribution in [2.45, 2.75) is 60.0 Å². The van der Waals surface area contributed by atoms with Gasteiger partial charge in [0.25, 0.3) is 0 Å². The molecule has 200 valence electrons. The van der Waals surface area contributed by atoms with Gasteiger partial charge in [-0.2, -0.15) is 0 Å². The molecule has 2 aliphatic rings. The second kappa shape index (κ2) is 9.45. The van der Waals surface area contributed by atoms with Crippen LogP contribution in [0.2, 0.25) is 0 Å². The van der Waals surface area contributed by atoms with Crippen molar-refractivity contribution in [3.63, 3.8) is 0 Å². The van der Waals surface area contributed by atoms with Gasteiger partial charge >= 0.3 is 239 Å². The van der Waals surface area contributed by atoms with Crippen molar-refractivity contribution in [2.24, 2.45) is 5.41 Å². The van der Waals surface area contributed by atoms with E-state index in [-0.39, 0.29) is 11.5 Å². The van der Waals surface area contributed by atoms with Crippen molar-refractivity contribution in [3.8, 4) is 0 Å². The molecule has 0 N–H and O–H groups in total. The first-order valence-corrected chi connectivity index (χ1v) is 16.6. The zero-order chi connectivity index (χ0) is 27.4. The molecule has 2 atom stereocenters. The molecule has 1 aliphatic carbocycles. The summed E-state index contributed by atoms with van der Waals surface area (Å²) in [4.78, 5) is 0. The third-order valence-electron chi connectivity index (χ3n) is 9.40. The molecular formula is C36H38ClOP. The third-order valence-corrected chi connectivity index (χ3v) is 16.1. The summed E-state index contributed by atoms with van der Waals surface area (Å²) in [6, 6.07) is 36.0. The van der Waals surface area contributed by atoms with Crippen LogP contribution in [0.15, 0.2) is 108 Å². The molecular weight excluding hydrogens is 515 g/mol. The molecule has 39 heavy (non-hydrogen) atoms. The Bertz CT molecular complexity index is 1500. The molecule has 0 aromatic heterocycles. The molecule has 1 nitrogen and oxygen atoms in total. The molecule has 0 spiro atoms. The minimum absolute atomic E-state index is 0.0649. The summed E-state index contributed by atoms with van der Waals surface area (Å²) in [5, 5.41) is 6.31. The van der Waals surface area contributed by atoms with E-state index in [1.54, 1.807) is 0 Å². The van der Waals surface area contributed by atoms with Crippen LogP contribution in [0.25, 0.3) is 0 Å². The Labute approximate surface area is 238 Å². The van der Waals surface area contributed by atoms with Crippen molar-refractivity contribution in [2.75, 3.05) is 0 Å². The van der Waals surface area contributed by atoms with Crippen LogP contribution in [0.3, 0.4) is 0 Å². The molecule has 0 saturated carbocycles. The number of hydrogen-bond donors (Lipinski definition) is 0. The van der Waals surface area contributed by atoms with Crippen LogP contribution < -0.4 is 21.2 Å². The van der Waals surface area contributed by atoms with E-state index in [1.807, 2.05) is 0 Å². The summed E-state index contributed by atoms with van der Waals surface area (Å²) in [5.41, 5.74) is 6.35. The number of hydrogen-bond acceptors (Lipinski definition) is 1. The number of halogens is 1. The average molecular weight is 553 g/mol. The number of benzene rings is 4. The minimum atomic E-state index is -3.69. The Morgan fingerprint density at radius 2 is 1.10 bits per heavy atom. The van der Waals surface area contributed by atoms with E-state index in [9.17, 15) is 0 Å². The molecule has 3 heteroatoms. The molecule has 0 fully saturated rings. The first-order valence-electron chi connectivity index (χ1n) is 14.1. The quantitative estimate of drug-likeness (QED) is 0.231. The predicted octanol–water partition coefficient (Wildman–Crippen LogP) is 8.46. The van der Waals surface area contributed by atoms with Gasteiger partial charge in [-0.1, -0.05) is 0 Å². The molecule has 0 radical (unpaired) electrons. The van der Waals surface area contributed by atoms with E-state index in [4.69, 9.17) is 16.1 Å². The molecule has 4 aromatic carbocycles. The van der Waals surface area contributed by atoms with Crippen LogP contribution in [0.4, 0.5) is 0 Å². The van der Waals surface area contributed by atoms with Crippen LogP contribution >= 0.6 is 18.4 Å². The van der Waals surface area contributed by atoms with E-state index in [0.717, 1.165) is 24.3 Å². The van der Waals surface area contributed by atoms with Gasteiger partial charge in [-0.05, 0) is 0 Å². The summed E-state index contributed by atoms with van der Waals surface area (Å²) >= 11 is 6.68. The fraction of sp³-hybridized carbons (Fsp3) is 0.278. The Morgan fingerprint density at radius 3 is 1.56 bits per heavy atom. The summed E-state index contributed by atoms with van der Waals surface area (Å²) < 4.78 is 8.20. The van der Waals surface area contributed by atoms with Gasteiger partial charge in [-0.15, -0.1) is 0 Å². The monoisotopic (exact) mass is 552 g/mol. The molecule has 0 saturated heterocycles. The predicted molar refractivity (Wildman–Crippen MR) is 170 cm³/mol. The zero-order valence-electron chi connectivity index (χ0n) is 23.7. The third kappa shape index (κ3) is 3.60. The molecule has 4 aromatic rings. The Kier molecular flexibility index (Phi) is 6.42. The maximum atomic E-state index is 8.20. The van der Waals surface area contributed by atoms with Gasteiger partial charge in [0.15, 0.2) is 0 Å². The van der Waals surface area contributed by atoms with Gasteiger partial charge in [0, 0.05) is 0 Å². The van der Waals surface area contributed by atoms with Crippen molar-refractivity contribution >= 4 is 39.6 Å². The van der Waals surface area contributed by atoms with Crippen molar-refractivity contribution < 1.29 is 4.52 Å². The number of aryl methyl sites for hydroxylation is 3. The van der Waals surface area contributed by atoms with Gasteiger partial charge in [-0.3, -0.25) is 0 Å². The molecule has 6 rings (SSSR count). The molecule has 2 unspecified atom stereocenters. The maximum absolute atomic E-state index is 8.20. The van der Waals surface area contributed by atoms with E-state index in [0.29, 0.717) is 0 Å². The Hall–Kier alpha value is -2.70. The van der Waals surface area contributed by atoms with Crippen LogP contribution in [0.5, 0.6) is 0 Å². The van der Waals surface area contributed by atoms with E-state index < -0.39 is 6.83 Å². The summed E-state index contributed by atoms with van der Waals surface area (Å²) in [7, 11) is 0. The molecule has 1 heterocycles. The van der Waals surface area contributed by atoms with Crippen LogP contribution in [-0.2, 0) is 4.52 Å². The first kappa shape index (κ1) is 26.5. The van der Waals surface area contributed by atoms with Gasteiger partial charge in [0.1, 0.15) is 0 Å². The topological polar surface area (TPSA) is 9.23 Å². The van der Waals surface area contributed by atoms with Crippen molar-refractivity contribution in [3.05, 3.63) is 130 Å². The Balaban J connectivity index is 1.83. The van der Waals surface area contributed by atoms with Gasteiger partial charge in [-0.25, -0.2) is 0 Å². The van der Waals surface area contributed by atoms with Gasteiger partial charge in [0.2, 0.25) is 0 Å². The summed E-state index contributed by atoms with van der Waals surface area (Å²) in [6.07, 6.45) is 2.78. The van der Waals surface area contributed by atoms with E-state index in [2.05, 4.69) is 132 Å². The number of rotatable bonds is 4. The second-order valence-electron chi connectivity index (χ2n) is 12.0. The van der Waals surface area contributed by atoms with Crippen LogP contribution in [0.1, 0.15) is 61.5 Å². The fourth-order valence-electron chi connectivity index (χ4n) is 7.62. The fourth-order valence-corrected chi connectivity index (χ4v) is 15.0. The molecule has 0 bridgehead atoms. The SMILES string of the molecule is CC1=C(Cl)CCC(C)(C2OP(c3ccccc3C)(c3ccccc3C)(c3ccccc3C)c3ccccc32)C1. The summed E-state index contributed by atoms with van der Waals surface area (Å²) in [5.74, 6) is 0. The zero-order valence-corrected chi connectivity index (χ0v) is 25.3. The average Bonchev–Trinajstić information content (AvgIpc) is 3.26. The van der Waals surface area contributed by atoms with Gasteiger partial charge in [0.05, 0.1) is 0 Å². The second-order valence-corrected chi connectivity index (χ2v) is 16.6. The molecule has 1 aliphatic heterocycles. The van der Waals surface area contributed by atoms with E-state index in [1.165, 1.54) is 49.0 Å². The Morgan fingerprint density at radius 1 is 0.667 bits per heavy atom. The van der Waals surface area contributed by atoms with Crippen LogP contribution in [0, 0.1) is 26.2 Å². The van der Waals surface area contributed by atoms with Crippen LogP contribution in [-0.4, -0.2) is 0 Å². The standard InChI is InChI=1S/C36H38ClOP/c1-25-14-6-10-18-31(25)39(32-19-11-7-15-26(32)2,33-20-12-8-16-27(33)3)34-21-13-9-17-29(34)35(38-39)36(5)23-22-30(37)28(4)24-36/h6-21,35H,22-24H2,1-5H3.